The van der Waals surface area contributed by atoms with Gasteiger partial charge in [-0.15, -0.1) is 0 Å². The summed E-state index contributed by atoms with van der Waals surface area (Å²) >= 11 is 0. The summed E-state index contributed by atoms with van der Waals surface area (Å²) in [6.07, 6.45) is 1.36. The van der Waals surface area contributed by atoms with E-state index in [2.05, 4.69) is 37.9 Å². The second kappa shape index (κ2) is 8.49. The predicted octanol–water partition coefficient (Wildman–Crippen LogP) is 2.89. The topological polar surface area (TPSA) is 49.3 Å². The Balaban J connectivity index is 2.91. The third-order valence-corrected chi connectivity index (χ3v) is 3.52. The number of hydrogen-bond donors (Lipinski definition) is 2. The van der Waals surface area contributed by atoms with Crippen LogP contribution in [0, 0.1) is 24.7 Å². The molecule has 0 spiro atoms. The van der Waals surface area contributed by atoms with Crippen LogP contribution >= 0.6 is 0 Å². The zero-order valence-corrected chi connectivity index (χ0v) is 13.4. The van der Waals surface area contributed by atoms with E-state index >= 15 is 0 Å². The van der Waals surface area contributed by atoms with Crippen LogP contribution < -0.4 is 5.32 Å². The molecule has 3 nitrogen and oxygen atoms in total. The van der Waals surface area contributed by atoms with Crippen LogP contribution in [0.5, 0.6) is 0 Å². The SMILES string of the molecule is CCC(NC(=O)c1ccc(C)c(C#CCCO)c1)C(C)C. The maximum Gasteiger partial charge on any atom is 0.251 e. The second-order valence-electron chi connectivity index (χ2n) is 5.54. The summed E-state index contributed by atoms with van der Waals surface area (Å²) in [4.78, 5) is 12.3. The zero-order valence-electron chi connectivity index (χ0n) is 13.4. The Kier molecular flexibility index (Phi) is 6.98. The van der Waals surface area contributed by atoms with Crippen LogP contribution in [0.3, 0.4) is 0 Å². The van der Waals surface area contributed by atoms with Crippen molar-refractivity contribution in [2.75, 3.05) is 6.61 Å². The number of hydrogen-bond acceptors (Lipinski definition) is 2. The van der Waals surface area contributed by atoms with Crippen molar-refractivity contribution in [3.8, 4) is 11.8 Å². The van der Waals surface area contributed by atoms with E-state index in [0.29, 0.717) is 17.9 Å². The highest BCUT2D eigenvalue weighted by Crippen LogP contribution is 2.12. The Hall–Kier alpha value is -1.79. The van der Waals surface area contributed by atoms with Gasteiger partial charge in [-0.05, 0) is 37.0 Å². The van der Waals surface area contributed by atoms with Crippen LogP contribution in [0.25, 0.3) is 0 Å². The van der Waals surface area contributed by atoms with Gasteiger partial charge < -0.3 is 10.4 Å². The first-order chi connectivity index (χ1) is 9.99. The van der Waals surface area contributed by atoms with E-state index in [4.69, 9.17) is 5.11 Å². The Bertz CT molecular complexity index is 538. The number of benzene rings is 1. The number of carbonyl (C=O) groups excluding carboxylic acids is 1. The monoisotopic (exact) mass is 287 g/mol. The molecule has 0 aliphatic heterocycles. The zero-order chi connectivity index (χ0) is 15.8. The molecule has 0 saturated carbocycles. The summed E-state index contributed by atoms with van der Waals surface area (Å²) in [6, 6.07) is 5.74. The maximum absolute atomic E-state index is 12.3. The van der Waals surface area contributed by atoms with Gasteiger partial charge in [0.1, 0.15) is 0 Å². The molecule has 1 unspecified atom stereocenters. The van der Waals surface area contributed by atoms with Crippen LogP contribution in [-0.4, -0.2) is 23.7 Å². The molecule has 114 valence electrons. The number of carbonyl (C=O) groups is 1. The van der Waals surface area contributed by atoms with Gasteiger partial charge in [0.25, 0.3) is 5.91 Å². The van der Waals surface area contributed by atoms with Crippen molar-refractivity contribution in [1.29, 1.82) is 0 Å². The molecule has 0 aliphatic rings. The van der Waals surface area contributed by atoms with Crippen molar-refractivity contribution in [2.24, 2.45) is 5.92 Å². The summed E-state index contributed by atoms with van der Waals surface area (Å²) in [5.74, 6) is 6.26. The van der Waals surface area contributed by atoms with Crippen molar-refractivity contribution >= 4 is 5.91 Å². The highest BCUT2D eigenvalue weighted by molar-refractivity contribution is 5.94. The molecule has 1 aromatic rings. The summed E-state index contributed by atoms with van der Waals surface area (Å²) < 4.78 is 0. The van der Waals surface area contributed by atoms with Crippen LogP contribution in [0.15, 0.2) is 18.2 Å². The lowest BCUT2D eigenvalue weighted by Crippen LogP contribution is -2.38. The standard InChI is InChI=1S/C18H25NO2/c1-5-17(13(2)3)19-18(21)16-10-9-14(4)15(12-16)8-6-7-11-20/h9-10,12-13,17,20H,5,7,11H2,1-4H3,(H,19,21). The van der Waals surface area contributed by atoms with Gasteiger partial charge in [-0.25, -0.2) is 0 Å². The minimum absolute atomic E-state index is 0.0544. The van der Waals surface area contributed by atoms with E-state index < -0.39 is 0 Å². The largest absolute Gasteiger partial charge is 0.395 e. The normalized spacial score (nSPS) is 11.7. The maximum atomic E-state index is 12.3. The lowest BCUT2D eigenvalue weighted by molar-refractivity contribution is 0.0924. The molecule has 1 atom stereocenters. The first-order valence-electron chi connectivity index (χ1n) is 7.50. The fraction of sp³-hybridized carbons (Fsp3) is 0.500. The van der Waals surface area contributed by atoms with Gasteiger partial charge in [0.2, 0.25) is 0 Å². The Morgan fingerprint density at radius 2 is 2.10 bits per heavy atom. The molecular formula is C18H25NO2. The number of aryl methyl sites for hydroxylation is 1. The highest BCUT2D eigenvalue weighted by Gasteiger charge is 2.15. The molecule has 1 aromatic carbocycles. The Labute approximate surface area is 127 Å². The van der Waals surface area contributed by atoms with Gasteiger partial charge in [-0.1, -0.05) is 38.7 Å². The lowest BCUT2D eigenvalue weighted by Gasteiger charge is -2.20. The van der Waals surface area contributed by atoms with Crippen LogP contribution in [-0.2, 0) is 0 Å². The van der Waals surface area contributed by atoms with Gasteiger partial charge >= 0.3 is 0 Å². The molecule has 21 heavy (non-hydrogen) atoms. The van der Waals surface area contributed by atoms with E-state index in [9.17, 15) is 4.79 Å². The van der Waals surface area contributed by atoms with E-state index in [0.717, 1.165) is 17.5 Å². The smallest absolute Gasteiger partial charge is 0.251 e. The van der Waals surface area contributed by atoms with Crippen LogP contribution in [0.4, 0.5) is 0 Å². The average Bonchev–Trinajstić information content (AvgIpc) is 2.46. The number of amides is 1. The molecule has 0 bridgehead atoms. The third-order valence-electron chi connectivity index (χ3n) is 3.52. The fourth-order valence-electron chi connectivity index (χ4n) is 2.10. The predicted molar refractivity (Wildman–Crippen MR) is 86.1 cm³/mol. The molecular weight excluding hydrogens is 262 g/mol. The molecule has 2 N–H and O–H groups in total. The fourth-order valence-corrected chi connectivity index (χ4v) is 2.10. The number of nitrogens with one attached hydrogen (secondary N) is 1. The van der Waals surface area contributed by atoms with E-state index in [1.165, 1.54) is 0 Å². The highest BCUT2D eigenvalue weighted by atomic mass is 16.2. The molecule has 1 rings (SSSR count). The van der Waals surface area contributed by atoms with Gasteiger partial charge in [-0.2, -0.15) is 0 Å². The van der Waals surface area contributed by atoms with Crippen molar-refractivity contribution in [3.63, 3.8) is 0 Å². The molecule has 3 heteroatoms. The minimum atomic E-state index is -0.0549. The lowest BCUT2D eigenvalue weighted by atomic mass is 10.0. The summed E-state index contributed by atoms with van der Waals surface area (Å²) in [5.41, 5.74) is 2.51. The van der Waals surface area contributed by atoms with Gasteiger partial charge in [-0.3, -0.25) is 4.79 Å². The van der Waals surface area contributed by atoms with Crippen molar-refractivity contribution < 1.29 is 9.90 Å². The minimum Gasteiger partial charge on any atom is -0.395 e. The van der Waals surface area contributed by atoms with Crippen LogP contribution in [0.1, 0.15) is 55.1 Å². The summed E-state index contributed by atoms with van der Waals surface area (Å²) in [7, 11) is 0. The first kappa shape index (κ1) is 17.3. The van der Waals surface area contributed by atoms with E-state index in [1.807, 2.05) is 25.1 Å². The van der Waals surface area contributed by atoms with Crippen molar-refractivity contribution in [3.05, 3.63) is 34.9 Å². The van der Waals surface area contributed by atoms with Crippen LogP contribution in [0.2, 0.25) is 0 Å². The average molecular weight is 287 g/mol. The van der Waals surface area contributed by atoms with Crippen molar-refractivity contribution in [2.45, 2.75) is 46.6 Å². The van der Waals surface area contributed by atoms with Crippen molar-refractivity contribution in [1.82, 2.24) is 5.32 Å². The first-order valence-corrected chi connectivity index (χ1v) is 7.50. The van der Waals surface area contributed by atoms with Gasteiger partial charge in [0.05, 0.1) is 6.61 Å². The Morgan fingerprint density at radius 3 is 2.67 bits per heavy atom. The molecule has 0 radical (unpaired) electrons. The number of rotatable bonds is 5. The number of aliphatic hydroxyl groups excluding tert-OH is 1. The second-order valence-corrected chi connectivity index (χ2v) is 5.54. The van der Waals surface area contributed by atoms with Gasteiger partial charge in [0, 0.05) is 23.6 Å². The van der Waals surface area contributed by atoms with E-state index in [-0.39, 0.29) is 18.6 Å². The molecule has 0 fully saturated rings. The molecule has 1 amide bonds. The molecule has 0 aliphatic carbocycles. The molecule has 0 aromatic heterocycles. The molecule has 0 heterocycles. The number of aliphatic hydroxyl groups is 1. The third kappa shape index (κ3) is 5.24. The quantitative estimate of drug-likeness (QED) is 0.818. The van der Waals surface area contributed by atoms with Gasteiger partial charge in [0.15, 0.2) is 0 Å². The Morgan fingerprint density at radius 1 is 1.38 bits per heavy atom. The summed E-state index contributed by atoms with van der Waals surface area (Å²) in [5, 5.41) is 11.8. The summed E-state index contributed by atoms with van der Waals surface area (Å²) in [6.45, 7) is 8.31. The van der Waals surface area contributed by atoms with E-state index in [1.54, 1.807) is 0 Å². The molecule has 0 saturated heterocycles.